The van der Waals surface area contributed by atoms with Crippen molar-refractivity contribution >= 4 is 23.7 Å². The zero-order chi connectivity index (χ0) is 34.9. The van der Waals surface area contributed by atoms with Crippen LogP contribution in [-0.4, -0.2) is 62.8 Å². The van der Waals surface area contributed by atoms with E-state index in [1.807, 2.05) is 48.5 Å². The summed E-state index contributed by atoms with van der Waals surface area (Å²) < 4.78 is 12.2. The van der Waals surface area contributed by atoms with Crippen LogP contribution in [0.25, 0.3) is 22.5 Å². The molecular formula is C33H34ClN7O8. The molecule has 0 bridgehead atoms. The van der Waals surface area contributed by atoms with Gasteiger partial charge in [0.15, 0.2) is 10.8 Å². The fourth-order valence-electron chi connectivity index (χ4n) is 5.08. The van der Waals surface area contributed by atoms with E-state index >= 15 is 0 Å². The van der Waals surface area contributed by atoms with E-state index in [4.69, 9.17) is 31.5 Å². The Labute approximate surface area is 285 Å². The third-order valence-electron chi connectivity index (χ3n) is 7.55. The summed E-state index contributed by atoms with van der Waals surface area (Å²) in [5.41, 5.74) is 4.38. The van der Waals surface area contributed by atoms with E-state index in [9.17, 15) is 14.7 Å². The van der Waals surface area contributed by atoms with Gasteiger partial charge in [0.2, 0.25) is 12.1 Å². The summed E-state index contributed by atoms with van der Waals surface area (Å²) in [7, 11) is 0. The number of hydrogen-bond acceptors (Lipinski definition) is 12. The van der Waals surface area contributed by atoms with Crippen LogP contribution in [0.4, 0.5) is 4.79 Å². The SMILES string of the molecule is CCCCc1nc(Cl)c(C(=O)O)n1Cc1ccc(-c2ccccc2-c2nnn(C(C)OC(=O)OCc3ccccc3CON(O)O)n2)cc1. The number of ether oxygens (including phenoxy) is 2. The van der Waals surface area contributed by atoms with Crippen molar-refractivity contribution in [3.05, 3.63) is 106 Å². The summed E-state index contributed by atoms with van der Waals surface area (Å²) in [5.74, 6) is -0.191. The molecule has 0 fully saturated rings. The standard InChI is InChI=1S/C33H34ClN7O8/c1-3-4-13-28-35-30(34)29(32(42)43)39(28)18-22-14-16-23(17-15-22)26-11-7-8-12-27(26)31-36-38-40(37-31)21(2)49-33(44)47-19-24-9-5-6-10-25(24)20-48-41(45)46/h5-12,14-17,21,45-46H,3-4,13,18-20H2,1-2H3,(H,42,43). The van der Waals surface area contributed by atoms with Gasteiger partial charge in [0.25, 0.3) is 0 Å². The van der Waals surface area contributed by atoms with Crippen LogP contribution in [0.2, 0.25) is 5.15 Å². The van der Waals surface area contributed by atoms with Crippen molar-refractivity contribution in [1.82, 2.24) is 35.1 Å². The lowest BCUT2D eigenvalue weighted by Gasteiger charge is -2.13. The normalized spacial score (nSPS) is 11.9. The van der Waals surface area contributed by atoms with Gasteiger partial charge in [-0.15, -0.1) is 15.0 Å². The van der Waals surface area contributed by atoms with Gasteiger partial charge in [-0.25, -0.2) is 19.4 Å². The molecule has 0 saturated carbocycles. The number of aryl methyl sites for hydroxylation is 1. The van der Waals surface area contributed by atoms with Crippen molar-refractivity contribution < 1.29 is 39.4 Å². The molecule has 0 radical (unpaired) electrons. The second-order valence-electron chi connectivity index (χ2n) is 10.9. The molecule has 5 aromatic rings. The van der Waals surface area contributed by atoms with E-state index in [-0.39, 0.29) is 24.1 Å². The summed E-state index contributed by atoms with van der Waals surface area (Å²) >= 11 is 6.20. The number of nitrogens with zero attached hydrogens (tertiary/aromatic N) is 7. The van der Waals surface area contributed by atoms with Gasteiger partial charge in [0.05, 0.1) is 12.0 Å². The molecule has 1 unspecified atom stereocenters. The molecule has 2 aromatic heterocycles. The number of imidazole rings is 1. The highest BCUT2D eigenvalue weighted by Crippen LogP contribution is 2.31. The molecule has 3 N–H and O–H groups in total. The minimum absolute atomic E-state index is 0.0196. The van der Waals surface area contributed by atoms with Gasteiger partial charge in [-0.3, -0.25) is 10.4 Å². The zero-order valence-electron chi connectivity index (χ0n) is 26.6. The summed E-state index contributed by atoms with van der Waals surface area (Å²) in [5, 5.41) is 39.7. The molecule has 256 valence electrons. The molecule has 2 heterocycles. The predicted molar refractivity (Wildman–Crippen MR) is 173 cm³/mol. The van der Waals surface area contributed by atoms with Crippen molar-refractivity contribution in [1.29, 1.82) is 0 Å². The van der Waals surface area contributed by atoms with Crippen LogP contribution in [0.15, 0.2) is 72.8 Å². The van der Waals surface area contributed by atoms with Crippen molar-refractivity contribution in [2.45, 2.75) is 59.1 Å². The van der Waals surface area contributed by atoms with Crippen LogP contribution < -0.4 is 0 Å². The summed E-state index contributed by atoms with van der Waals surface area (Å²) in [4.78, 5) is 34.5. The minimum Gasteiger partial charge on any atom is -0.476 e. The number of hydrogen-bond donors (Lipinski definition) is 3. The fourth-order valence-corrected chi connectivity index (χ4v) is 5.36. The highest BCUT2D eigenvalue weighted by Gasteiger charge is 2.22. The molecule has 15 nitrogen and oxygen atoms in total. The maximum absolute atomic E-state index is 12.5. The molecule has 5 rings (SSSR count). The number of carbonyl (C=O) groups is 2. The van der Waals surface area contributed by atoms with E-state index in [1.165, 1.54) is 0 Å². The third kappa shape index (κ3) is 8.84. The van der Waals surface area contributed by atoms with Crippen molar-refractivity contribution in [3.63, 3.8) is 0 Å². The Kier molecular flexibility index (Phi) is 11.7. The van der Waals surface area contributed by atoms with Gasteiger partial charge in [0, 0.05) is 18.5 Å². The molecule has 0 aliphatic heterocycles. The van der Waals surface area contributed by atoms with Crippen LogP contribution >= 0.6 is 11.6 Å². The number of carboxylic acid groups (broad SMARTS) is 1. The van der Waals surface area contributed by atoms with E-state index < -0.39 is 23.7 Å². The number of benzene rings is 3. The first kappa shape index (κ1) is 35.1. The molecule has 1 atom stereocenters. The number of carboxylic acids is 1. The lowest BCUT2D eigenvalue weighted by Crippen LogP contribution is -2.18. The molecule has 0 saturated heterocycles. The van der Waals surface area contributed by atoms with E-state index in [2.05, 4.69) is 32.2 Å². The largest absolute Gasteiger partial charge is 0.510 e. The Morgan fingerprint density at radius 3 is 2.31 bits per heavy atom. The Bertz CT molecular complexity index is 1890. The fraction of sp³-hybridized carbons (Fsp3) is 0.273. The molecule has 0 aliphatic rings. The molecule has 0 spiro atoms. The van der Waals surface area contributed by atoms with Gasteiger partial charge in [-0.05, 0) is 46.4 Å². The number of unbranched alkanes of at least 4 members (excludes halogenated alkanes) is 1. The molecule has 3 aromatic carbocycles. The Morgan fingerprint density at radius 2 is 1.63 bits per heavy atom. The average molecular weight is 692 g/mol. The number of tetrazole rings is 1. The van der Waals surface area contributed by atoms with Crippen LogP contribution in [-0.2, 0) is 40.5 Å². The Hall–Kier alpha value is -5.19. The first-order valence-electron chi connectivity index (χ1n) is 15.3. The van der Waals surface area contributed by atoms with E-state index in [0.29, 0.717) is 41.3 Å². The number of rotatable bonds is 15. The van der Waals surface area contributed by atoms with Gasteiger partial charge < -0.3 is 19.1 Å². The maximum atomic E-state index is 12.5. The zero-order valence-corrected chi connectivity index (χ0v) is 27.4. The Morgan fingerprint density at radius 1 is 0.959 bits per heavy atom. The van der Waals surface area contributed by atoms with Crippen LogP contribution in [0.1, 0.15) is 65.9 Å². The van der Waals surface area contributed by atoms with Crippen molar-refractivity contribution in [2.75, 3.05) is 0 Å². The third-order valence-corrected chi connectivity index (χ3v) is 7.82. The van der Waals surface area contributed by atoms with E-state index in [1.54, 1.807) is 35.8 Å². The van der Waals surface area contributed by atoms with Crippen LogP contribution in [0, 0.1) is 0 Å². The Balaban J connectivity index is 1.26. The lowest BCUT2D eigenvalue weighted by molar-refractivity contribution is -0.497. The molecular weight excluding hydrogens is 658 g/mol. The lowest BCUT2D eigenvalue weighted by atomic mass is 9.98. The van der Waals surface area contributed by atoms with Gasteiger partial charge in [0.1, 0.15) is 12.4 Å². The average Bonchev–Trinajstić information content (AvgIpc) is 3.71. The number of aromatic carboxylic acids is 1. The number of aromatic nitrogens is 6. The van der Waals surface area contributed by atoms with Crippen molar-refractivity contribution in [2.24, 2.45) is 0 Å². The van der Waals surface area contributed by atoms with Crippen molar-refractivity contribution in [3.8, 4) is 22.5 Å². The first-order chi connectivity index (χ1) is 23.6. The highest BCUT2D eigenvalue weighted by molar-refractivity contribution is 6.32. The molecule has 16 heteroatoms. The second-order valence-corrected chi connectivity index (χ2v) is 11.2. The second kappa shape index (κ2) is 16.3. The summed E-state index contributed by atoms with van der Waals surface area (Å²) in [6.45, 7) is 3.60. The molecule has 0 aliphatic carbocycles. The first-order valence-corrected chi connectivity index (χ1v) is 15.7. The van der Waals surface area contributed by atoms with E-state index in [0.717, 1.165) is 34.3 Å². The predicted octanol–water partition coefficient (Wildman–Crippen LogP) is 6.33. The summed E-state index contributed by atoms with van der Waals surface area (Å²) in [6, 6.07) is 22.0. The number of halogens is 1. The van der Waals surface area contributed by atoms with Gasteiger partial charge >= 0.3 is 12.1 Å². The number of carbonyl (C=O) groups excluding carboxylic acids is 1. The van der Waals surface area contributed by atoms with Gasteiger partial charge in [-0.2, -0.15) is 0 Å². The molecule has 0 amide bonds. The van der Waals surface area contributed by atoms with Crippen LogP contribution in [0.3, 0.4) is 0 Å². The summed E-state index contributed by atoms with van der Waals surface area (Å²) in [6.07, 6.45) is 0.493. The quantitative estimate of drug-likeness (QED) is 0.0817. The topological polar surface area (TPSA) is 187 Å². The van der Waals surface area contributed by atoms with Crippen LogP contribution in [0.5, 0.6) is 0 Å². The minimum atomic E-state index is -1.13. The smallest absolute Gasteiger partial charge is 0.476 e. The highest BCUT2D eigenvalue weighted by atomic mass is 35.5. The maximum Gasteiger partial charge on any atom is 0.510 e. The molecule has 49 heavy (non-hydrogen) atoms. The van der Waals surface area contributed by atoms with Gasteiger partial charge in [-0.1, -0.05) is 97.7 Å². The monoisotopic (exact) mass is 691 g/mol.